The number of hydrogen-bond acceptors (Lipinski definition) is 13. The molecule has 0 spiro atoms. The predicted molar refractivity (Wildman–Crippen MR) is 142 cm³/mol. The van der Waals surface area contributed by atoms with Crippen LogP contribution in [-0.2, 0) is 20.8 Å². The molecule has 12 nitrogen and oxygen atoms in total. The number of ether oxygens (including phenoxy) is 3. The van der Waals surface area contributed by atoms with Gasteiger partial charge in [-0.15, -0.1) is 0 Å². The lowest BCUT2D eigenvalue weighted by Crippen LogP contribution is -2.31. The van der Waals surface area contributed by atoms with Crippen LogP contribution in [0.25, 0.3) is 0 Å². The molecule has 0 saturated carbocycles. The maximum atomic E-state index is 13.1. The lowest BCUT2D eigenvalue weighted by atomic mass is 9.99. The Labute approximate surface area is 227 Å². The van der Waals surface area contributed by atoms with Crippen LogP contribution >= 0.6 is 34.2 Å². The Bertz CT molecular complexity index is 1130. The number of phenols is 1. The van der Waals surface area contributed by atoms with Crippen LogP contribution in [0.4, 0.5) is 4.79 Å². The zero-order chi connectivity index (χ0) is 27.5. The predicted octanol–water partition coefficient (Wildman–Crippen LogP) is 3.48. The first kappa shape index (κ1) is 30.2. The van der Waals surface area contributed by atoms with E-state index in [0.717, 1.165) is 0 Å². The number of esters is 1. The van der Waals surface area contributed by atoms with Crippen molar-refractivity contribution < 1.29 is 38.2 Å². The third kappa shape index (κ3) is 7.97. The van der Waals surface area contributed by atoms with Crippen LogP contribution in [-0.4, -0.2) is 59.8 Å². The van der Waals surface area contributed by atoms with Crippen LogP contribution in [0.5, 0.6) is 11.5 Å². The minimum absolute atomic E-state index is 0.0404. The van der Waals surface area contributed by atoms with Gasteiger partial charge in [0.25, 0.3) is 0 Å². The van der Waals surface area contributed by atoms with Crippen LogP contribution in [0.2, 0.25) is 0 Å². The van der Waals surface area contributed by atoms with E-state index >= 15 is 0 Å². The van der Waals surface area contributed by atoms with Gasteiger partial charge in [-0.3, -0.25) is 4.79 Å². The molecule has 0 aliphatic heterocycles. The number of nitrogens with one attached hydrogen (secondary N) is 2. The van der Waals surface area contributed by atoms with Gasteiger partial charge in [-0.1, -0.05) is 46.3 Å². The van der Waals surface area contributed by atoms with Crippen molar-refractivity contribution in [2.24, 2.45) is 0 Å². The number of rotatable bonds is 13. The maximum absolute atomic E-state index is 13.1. The second-order valence-electron chi connectivity index (χ2n) is 7.09. The van der Waals surface area contributed by atoms with Gasteiger partial charge in [0.05, 0.1) is 26.3 Å². The Morgan fingerprint density at radius 1 is 1.35 bits per heavy atom. The number of methoxy groups -OCH3 is 2. The third-order valence-electron chi connectivity index (χ3n) is 4.67. The molecular formula is C22H28N4O8S3. The zero-order valence-electron chi connectivity index (χ0n) is 20.6. The van der Waals surface area contributed by atoms with Gasteiger partial charge < -0.3 is 34.5 Å². The number of carbonyl (C=O) groups excluding carboxylic acids is 3. The van der Waals surface area contributed by atoms with E-state index in [4.69, 9.17) is 18.7 Å². The molecule has 2 aromatic rings. The summed E-state index contributed by atoms with van der Waals surface area (Å²) in [6.45, 7) is 6.94. The van der Waals surface area contributed by atoms with Gasteiger partial charge in [-0.25, -0.2) is 9.59 Å². The van der Waals surface area contributed by atoms with Crippen molar-refractivity contribution in [3.63, 3.8) is 0 Å². The molecule has 0 radical (unpaired) electrons. The summed E-state index contributed by atoms with van der Waals surface area (Å²) in [7, 11) is 5.26. The van der Waals surface area contributed by atoms with Gasteiger partial charge in [0, 0.05) is 22.9 Å². The standard InChI is InChI=1S/C22H28N4O8S3/c1-6-8-33-22(30)23-10-14-24-19(34-26-14)17(35)18(28)25-20(37-36-7-2)16-12(27)9-13(31-4)11(3)15(16)21(29)32-5/h6,9,17,20,27,35H,1,7-8,10H2,2-5H3,(H,23,30)(H,25,28). The summed E-state index contributed by atoms with van der Waals surface area (Å²) in [4.78, 5) is 41.4. The first-order valence-corrected chi connectivity index (χ1v) is 13.7. The van der Waals surface area contributed by atoms with E-state index in [1.54, 1.807) is 6.92 Å². The average Bonchev–Trinajstić information content (AvgIpc) is 3.37. The highest BCUT2D eigenvalue weighted by Gasteiger charge is 2.32. The van der Waals surface area contributed by atoms with Crippen LogP contribution in [0, 0.1) is 6.92 Å². The second-order valence-corrected chi connectivity index (χ2v) is 10.4. The number of carbonyl (C=O) groups is 3. The molecule has 202 valence electrons. The number of aromatic nitrogens is 2. The van der Waals surface area contributed by atoms with Gasteiger partial charge in [-0.2, -0.15) is 17.6 Å². The molecule has 0 bridgehead atoms. The highest BCUT2D eigenvalue weighted by Crippen LogP contribution is 2.45. The first-order chi connectivity index (χ1) is 17.7. The molecule has 2 amide bonds. The largest absolute Gasteiger partial charge is 0.507 e. The fourth-order valence-corrected chi connectivity index (χ4v) is 5.19. The summed E-state index contributed by atoms with van der Waals surface area (Å²) in [6, 6.07) is 1.36. The van der Waals surface area contributed by atoms with Crippen molar-refractivity contribution in [2.75, 3.05) is 26.6 Å². The van der Waals surface area contributed by atoms with Crippen molar-refractivity contribution in [3.8, 4) is 11.5 Å². The molecule has 0 saturated heterocycles. The van der Waals surface area contributed by atoms with Gasteiger partial charge in [0.15, 0.2) is 11.1 Å². The Morgan fingerprint density at radius 2 is 2.08 bits per heavy atom. The van der Waals surface area contributed by atoms with E-state index in [1.807, 2.05) is 6.92 Å². The summed E-state index contributed by atoms with van der Waals surface area (Å²) in [6.07, 6.45) is 0.720. The van der Waals surface area contributed by atoms with Gasteiger partial charge in [0.1, 0.15) is 23.5 Å². The zero-order valence-corrected chi connectivity index (χ0v) is 23.1. The molecule has 2 unspecified atom stereocenters. The second kappa shape index (κ2) is 14.6. The molecule has 37 heavy (non-hydrogen) atoms. The normalized spacial score (nSPS) is 12.2. The van der Waals surface area contributed by atoms with Gasteiger partial charge in [-0.05, 0) is 6.92 Å². The summed E-state index contributed by atoms with van der Waals surface area (Å²) in [5.74, 6) is -0.649. The molecule has 15 heteroatoms. The molecule has 0 aliphatic carbocycles. The highest BCUT2D eigenvalue weighted by atomic mass is 33.1. The monoisotopic (exact) mass is 572 g/mol. The molecule has 3 N–H and O–H groups in total. The molecule has 2 rings (SSSR count). The van der Waals surface area contributed by atoms with E-state index in [1.165, 1.54) is 47.9 Å². The van der Waals surface area contributed by atoms with Crippen molar-refractivity contribution in [2.45, 2.75) is 31.0 Å². The van der Waals surface area contributed by atoms with E-state index < -0.39 is 28.6 Å². The molecule has 0 fully saturated rings. The minimum atomic E-state index is -1.19. The number of benzene rings is 1. The Hall–Kier alpha value is -3.04. The summed E-state index contributed by atoms with van der Waals surface area (Å²) >= 11 is 4.30. The molecule has 2 atom stereocenters. The molecule has 1 aromatic heterocycles. The lowest BCUT2D eigenvalue weighted by Gasteiger charge is -2.24. The molecule has 0 aliphatic rings. The quantitative estimate of drug-likeness (QED) is 0.0910. The molecule has 1 heterocycles. The fraction of sp³-hybridized carbons (Fsp3) is 0.409. The fourth-order valence-electron chi connectivity index (χ4n) is 2.99. The maximum Gasteiger partial charge on any atom is 0.407 e. The van der Waals surface area contributed by atoms with Gasteiger partial charge >= 0.3 is 12.1 Å². The van der Waals surface area contributed by atoms with Crippen LogP contribution in [0.1, 0.15) is 50.7 Å². The van der Waals surface area contributed by atoms with Crippen molar-refractivity contribution in [1.29, 1.82) is 0 Å². The smallest absolute Gasteiger partial charge is 0.407 e. The summed E-state index contributed by atoms with van der Waals surface area (Å²) < 4.78 is 20.1. The summed E-state index contributed by atoms with van der Waals surface area (Å²) in [5, 5.41) is 17.6. The number of alkyl carbamates (subject to hydrolysis) is 1. The number of hydrogen-bond donors (Lipinski definition) is 4. The number of aromatic hydroxyl groups is 1. The topological polar surface area (TPSA) is 162 Å². The van der Waals surface area contributed by atoms with Crippen LogP contribution in [0.15, 0.2) is 23.2 Å². The molecular weight excluding hydrogens is 544 g/mol. The SMILES string of the molecule is C=CCOC(=O)NCc1noc(C(S)C(=O)NC(SSCC)c2c(O)cc(OC)c(C)c2C(=O)OC)n1. The van der Waals surface area contributed by atoms with E-state index in [-0.39, 0.29) is 47.5 Å². The van der Waals surface area contributed by atoms with Crippen molar-refractivity contribution >= 4 is 52.2 Å². The lowest BCUT2D eigenvalue weighted by molar-refractivity contribution is -0.121. The van der Waals surface area contributed by atoms with Crippen LogP contribution < -0.4 is 15.4 Å². The number of thiol groups is 1. The van der Waals surface area contributed by atoms with E-state index in [0.29, 0.717) is 11.3 Å². The van der Waals surface area contributed by atoms with Gasteiger partial charge in [0.2, 0.25) is 11.8 Å². The highest BCUT2D eigenvalue weighted by molar-refractivity contribution is 8.76. The van der Waals surface area contributed by atoms with E-state index in [2.05, 4.69) is 40.0 Å². The van der Waals surface area contributed by atoms with Crippen molar-refractivity contribution in [3.05, 3.63) is 47.1 Å². The first-order valence-electron chi connectivity index (χ1n) is 10.8. The Balaban J connectivity index is 2.28. The molecule has 1 aromatic carbocycles. The number of nitrogens with zero attached hydrogens (tertiary/aromatic N) is 2. The number of amides is 2. The van der Waals surface area contributed by atoms with Crippen LogP contribution in [0.3, 0.4) is 0 Å². The summed E-state index contributed by atoms with van der Waals surface area (Å²) in [5.41, 5.74) is 0.657. The van der Waals surface area contributed by atoms with Crippen molar-refractivity contribution in [1.82, 2.24) is 20.8 Å². The average molecular weight is 573 g/mol. The number of phenolic OH excluding ortho intramolecular Hbond substituents is 1. The third-order valence-corrected chi connectivity index (χ3v) is 7.74. The minimum Gasteiger partial charge on any atom is -0.507 e. The Morgan fingerprint density at radius 3 is 2.70 bits per heavy atom. The Kier molecular flexibility index (Phi) is 11.9. The van der Waals surface area contributed by atoms with E-state index in [9.17, 15) is 19.5 Å².